The summed E-state index contributed by atoms with van der Waals surface area (Å²) in [5.41, 5.74) is 0. The average molecular weight is 961 g/mol. The molecule has 0 radical (unpaired) electrons. The lowest BCUT2D eigenvalue weighted by Gasteiger charge is -2.20. The van der Waals surface area contributed by atoms with Crippen LogP contribution in [0.1, 0.15) is 348 Å². The lowest BCUT2D eigenvalue weighted by molar-refractivity contribution is -0.143. The molecule has 6 heteroatoms. The molecular weight excluding hydrogens is 839 g/mol. The van der Waals surface area contributed by atoms with Gasteiger partial charge in [0.2, 0.25) is 5.91 Å². The molecule has 0 fully saturated rings. The summed E-state index contributed by atoms with van der Waals surface area (Å²) in [6, 6.07) is -0.626. The summed E-state index contributed by atoms with van der Waals surface area (Å²) in [6.07, 6.45) is 69.7. The second-order valence-electron chi connectivity index (χ2n) is 21.4. The number of allylic oxidation sites excluding steroid dienone is 1. The highest BCUT2D eigenvalue weighted by molar-refractivity contribution is 5.76. The Hall–Kier alpha value is -1.40. The number of hydrogen-bond acceptors (Lipinski definition) is 5. The molecule has 0 saturated heterocycles. The molecule has 404 valence electrons. The van der Waals surface area contributed by atoms with Crippen LogP contribution in [-0.4, -0.2) is 47.4 Å². The molecule has 0 heterocycles. The lowest BCUT2D eigenvalue weighted by atomic mass is 10.0. The van der Waals surface area contributed by atoms with E-state index in [9.17, 15) is 19.8 Å². The normalized spacial score (nSPS) is 12.6. The number of unbranched alkanes of at least 4 members (excludes halogenated alkanes) is 47. The van der Waals surface area contributed by atoms with Gasteiger partial charge in [-0.2, -0.15) is 0 Å². The fourth-order valence-corrected chi connectivity index (χ4v) is 9.81. The van der Waals surface area contributed by atoms with Crippen LogP contribution in [0.4, 0.5) is 0 Å². The number of carbonyl (C=O) groups excluding carboxylic acids is 2. The quantitative estimate of drug-likeness (QED) is 0.0321. The zero-order valence-electron chi connectivity index (χ0n) is 46.1. The minimum atomic E-state index is -0.843. The minimum absolute atomic E-state index is 0.0166. The van der Waals surface area contributed by atoms with Crippen molar-refractivity contribution in [2.75, 3.05) is 13.2 Å². The predicted octanol–water partition coefficient (Wildman–Crippen LogP) is 19.2. The number of esters is 1. The fourth-order valence-electron chi connectivity index (χ4n) is 9.81. The number of hydrogen-bond donors (Lipinski definition) is 3. The van der Waals surface area contributed by atoms with Gasteiger partial charge in [0.05, 0.1) is 25.4 Å². The van der Waals surface area contributed by atoms with Gasteiger partial charge < -0.3 is 20.3 Å². The zero-order chi connectivity index (χ0) is 49.3. The van der Waals surface area contributed by atoms with Gasteiger partial charge in [0, 0.05) is 12.8 Å². The molecule has 1 amide bonds. The Balaban J connectivity index is 3.35. The summed E-state index contributed by atoms with van der Waals surface area (Å²) < 4.78 is 5.50. The fraction of sp³-hybridized carbons (Fsp3) is 0.935. The van der Waals surface area contributed by atoms with Crippen LogP contribution in [-0.2, 0) is 14.3 Å². The largest absolute Gasteiger partial charge is 0.466 e. The van der Waals surface area contributed by atoms with Gasteiger partial charge in [-0.25, -0.2) is 0 Å². The number of amides is 1. The number of nitrogens with one attached hydrogen (secondary N) is 1. The Bertz CT molecular complexity index is 1020. The van der Waals surface area contributed by atoms with Crippen molar-refractivity contribution in [3.05, 3.63) is 12.2 Å². The molecule has 2 unspecified atom stereocenters. The smallest absolute Gasteiger partial charge is 0.305 e. The summed E-state index contributed by atoms with van der Waals surface area (Å²) in [5, 5.41) is 23.0. The van der Waals surface area contributed by atoms with E-state index in [0.29, 0.717) is 19.4 Å². The Labute approximate surface area is 425 Å². The molecule has 6 nitrogen and oxygen atoms in total. The predicted molar refractivity (Wildman–Crippen MR) is 297 cm³/mol. The first-order chi connectivity index (χ1) is 33.5. The maximum atomic E-state index is 12.4. The van der Waals surface area contributed by atoms with Crippen molar-refractivity contribution in [1.29, 1.82) is 0 Å². The van der Waals surface area contributed by atoms with Crippen molar-refractivity contribution >= 4 is 11.9 Å². The Morgan fingerprint density at radius 3 is 1.00 bits per heavy atom. The SMILES string of the molecule is CCCCCCCCCCC/C=C/C(O)C(CO)NC(=O)CCCCCCCCCCCCCCCCCCCCCCCOC(=O)CCCCCCCCCCCCCCCCCCCCC. The van der Waals surface area contributed by atoms with Gasteiger partial charge in [-0.1, -0.05) is 315 Å². The third-order valence-electron chi connectivity index (χ3n) is 14.6. The van der Waals surface area contributed by atoms with Gasteiger partial charge in [-0.3, -0.25) is 9.59 Å². The van der Waals surface area contributed by atoms with Crippen LogP contribution in [0, 0.1) is 0 Å². The van der Waals surface area contributed by atoms with E-state index in [0.717, 1.165) is 38.5 Å². The first-order valence-electron chi connectivity index (χ1n) is 31.0. The molecule has 0 bridgehead atoms. The molecular formula is C62H121NO5. The van der Waals surface area contributed by atoms with Crippen LogP contribution >= 0.6 is 0 Å². The molecule has 0 aliphatic heterocycles. The standard InChI is InChI=1S/C62H121NO5/c1-3-5-7-9-11-13-15-16-17-18-22-26-29-32-36-40-44-48-52-56-62(67)68-57-53-49-45-41-37-33-30-27-24-21-19-20-23-25-28-31-35-39-43-47-51-55-61(66)63-59(58-64)60(65)54-50-46-42-38-34-14-12-10-8-6-4-2/h50,54,59-60,64-65H,3-49,51-53,55-58H2,1-2H3,(H,63,66)/b54-50+. The first kappa shape index (κ1) is 66.6. The van der Waals surface area contributed by atoms with Gasteiger partial charge in [0.15, 0.2) is 0 Å². The summed E-state index contributed by atoms with van der Waals surface area (Å²) in [5.74, 6) is -0.0520. The second kappa shape index (κ2) is 58.2. The van der Waals surface area contributed by atoms with E-state index in [1.807, 2.05) is 6.08 Å². The highest BCUT2D eigenvalue weighted by atomic mass is 16.5. The Morgan fingerprint density at radius 2 is 0.676 bits per heavy atom. The molecule has 3 N–H and O–H groups in total. The second-order valence-corrected chi connectivity index (χ2v) is 21.4. The van der Waals surface area contributed by atoms with E-state index >= 15 is 0 Å². The van der Waals surface area contributed by atoms with Gasteiger partial charge >= 0.3 is 5.97 Å². The Kier molecular flexibility index (Phi) is 57.0. The third kappa shape index (κ3) is 53.9. The number of rotatable bonds is 58. The van der Waals surface area contributed by atoms with Gasteiger partial charge in [-0.05, 0) is 32.1 Å². The summed E-state index contributed by atoms with van der Waals surface area (Å²) >= 11 is 0. The molecule has 0 spiro atoms. The molecule has 0 saturated carbocycles. The zero-order valence-corrected chi connectivity index (χ0v) is 46.1. The summed E-state index contributed by atoms with van der Waals surface area (Å²) in [6.45, 7) is 4.91. The van der Waals surface area contributed by atoms with E-state index < -0.39 is 12.1 Å². The van der Waals surface area contributed by atoms with Gasteiger partial charge in [-0.15, -0.1) is 0 Å². The third-order valence-corrected chi connectivity index (χ3v) is 14.6. The summed E-state index contributed by atoms with van der Waals surface area (Å²) in [7, 11) is 0. The number of aliphatic hydroxyl groups is 2. The minimum Gasteiger partial charge on any atom is -0.466 e. The van der Waals surface area contributed by atoms with Crippen LogP contribution in [0.5, 0.6) is 0 Å². The first-order valence-corrected chi connectivity index (χ1v) is 31.0. The Morgan fingerprint density at radius 1 is 0.397 bits per heavy atom. The molecule has 0 aliphatic carbocycles. The van der Waals surface area contributed by atoms with Crippen LogP contribution in [0.15, 0.2) is 12.2 Å². The van der Waals surface area contributed by atoms with Crippen molar-refractivity contribution in [2.24, 2.45) is 0 Å². The van der Waals surface area contributed by atoms with E-state index in [1.165, 1.54) is 283 Å². The maximum Gasteiger partial charge on any atom is 0.305 e. The highest BCUT2D eigenvalue weighted by Crippen LogP contribution is 2.18. The number of ether oxygens (including phenoxy) is 1. The highest BCUT2D eigenvalue weighted by Gasteiger charge is 2.18. The van der Waals surface area contributed by atoms with E-state index in [-0.39, 0.29) is 18.5 Å². The van der Waals surface area contributed by atoms with E-state index in [2.05, 4.69) is 19.2 Å². The monoisotopic (exact) mass is 960 g/mol. The molecule has 68 heavy (non-hydrogen) atoms. The van der Waals surface area contributed by atoms with Crippen molar-refractivity contribution in [2.45, 2.75) is 360 Å². The summed E-state index contributed by atoms with van der Waals surface area (Å²) in [4.78, 5) is 24.5. The molecule has 0 rings (SSSR count). The van der Waals surface area contributed by atoms with E-state index in [1.54, 1.807) is 6.08 Å². The van der Waals surface area contributed by atoms with E-state index in [4.69, 9.17) is 4.74 Å². The molecule has 0 aromatic rings. The van der Waals surface area contributed by atoms with Gasteiger partial charge in [0.25, 0.3) is 0 Å². The molecule has 2 atom stereocenters. The lowest BCUT2D eigenvalue weighted by Crippen LogP contribution is -2.45. The molecule has 0 aliphatic rings. The van der Waals surface area contributed by atoms with Crippen LogP contribution in [0.3, 0.4) is 0 Å². The van der Waals surface area contributed by atoms with Gasteiger partial charge in [0.1, 0.15) is 0 Å². The topological polar surface area (TPSA) is 95.9 Å². The van der Waals surface area contributed by atoms with Crippen molar-refractivity contribution in [3.8, 4) is 0 Å². The van der Waals surface area contributed by atoms with Crippen LogP contribution in [0.2, 0.25) is 0 Å². The number of carbonyl (C=O) groups is 2. The van der Waals surface area contributed by atoms with Crippen molar-refractivity contribution < 1.29 is 24.5 Å². The average Bonchev–Trinajstić information content (AvgIpc) is 3.34. The number of aliphatic hydroxyl groups excluding tert-OH is 2. The van der Waals surface area contributed by atoms with Crippen LogP contribution in [0.25, 0.3) is 0 Å². The van der Waals surface area contributed by atoms with Crippen molar-refractivity contribution in [1.82, 2.24) is 5.32 Å². The van der Waals surface area contributed by atoms with Crippen LogP contribution < -0.4 is 5.32 Å². The molecule has 0 aromatic carbocycles. The maximum absolute atomic E-state index is 12.4. The van der Waals surface area contributed by atoms with Crippen molar-refractivity contribution in [3.63, 3.8) is 0 Å². The molecule has 0 aromatic heterocycles.